The first-order valence-corrected chi connectivity index (χ1v) is 9.00. The largest absolute Gasteiger partial charge is 0.369 e. The molecule has 1 unspecified atom stereocenters. The van der Waals surface area contributed by atoms with Gasteiger partial charge in [-0.3, -0.25) is 14.7 Å². The fraction of sp³-hybridized carbons (Fsp3) is 0.150. The van der Waals surface area contributed by atoms with Gasteiger partial charge >= 0.3 is 6.08 Å². The molecule has 32 heavy (non-hydrogen) atoms. The van der Waals surface area contributed by atoms with Crippen molar-refractivity contribution in [2.45, 2.75) is 12.0 Å². The van der Waals surface area contributed by atoms with E-state index in [0.29, 0.717) is 0 Å². The molecule has 0 saturated carbocycles. The first-order valence-electron chi connectivity index (χ1n) is 9.00. The predicted octanol–water partition coefficient (Wildman–Crippen LogP) is 2.92. The summed E-state index contributed by atoms with van der Waals surface area (Å²) in [5, 5.41) is 0. The van der Waals surface area contributed by atoms with Crippen LogP contribution in [0.5, 0.6) is 0 Å². The van der Waals surface area contributed by atoms with E-state index in [-0.39, 0.29) is 22.6 Å². The summed E-state index contributed by atoms with van der Waals surface area (Å²) in [4.78, 5) is 28.6. The Hall–Kier alpha value is -3.96. The molecule has 0 bridgehead atoms. The van der Waals surface area contributed by atoms with Crippen LogP contribution in [0.1, 0.15) is 23.2 Å². The molecule has 2 aromatic heterocycles. The second kappa shape index (κ2) is 7.62. The molecule has 164 valence electrons. The Morgan fingerprint density at radius 3 is 2.31 bits per heavy atom. The molecule has 0 spiro atoms. The lowest BCUT2D eigenvalue weighted by Gasteiger charge is -2.27. The Morgan fingerprint density at radius 1 is 1.03 bits per heavy atom. The van der Waals surface area contributed by atoms with Gasteiger partial charge in [-0.2, -0.15) is 4.39 Å². The number of carbonyl (C=O) groups is 1. The third-order valence-corrected chi connectivity index (χ3v) is 5.04. The molecular weight excluding hydrogens is 435 g/mol. The van der Waals surface area contributed by atoms with Gasteiger partial charge in [0, 0.05) is 36.8 Å². The van der Waals surface area contributed by atoms with Crippen molar-refractivity contribution < 1.29 is 26.7 Å². The molecule has 4 rings (SSSR count). The molecule has 1 amide bonds. The number of hydrogen-bond acceptors (Lipinski definition) is 6. The number of guanidine groups is 1. The normalized spacial score (nSPS) is 18.4. The van der Waals surface area contributed by atoms with Crippen LogP contribution in [0.4, 0.5) is 22.0 Å². The number of alkyl halides is 2. The Balaban J connectivity index is 2.01. The number of nitrogens with two attached hydrogens (primary N) is 1. The first kappa shape index (κ1) is 21.3. The van der Waals surface area contributed by atoms with Gasteiger partial charge in [-0.25, -0.2) is 32.5 Å². The third-order valence-electron chi connectivity index (χ3n) is 5.04. The maximum Gasteiger partial charge on any atom is 0.308 e. The highest BCUT2D eigenvalue weighted by Crippen LogP contribution is 2.42. The Bertz CT molecular complexity index is 1250. The van der Waals surface area contributed by atoms with Crippen LogP contribution in [0, 0.1) is 17.7 Å². The van der Waals surface area contributed by atoms with Crippen LogP contribution in [0.2, 0.25) is 0 Å². The highest BCUT2D eigenvalue weighted by Gasteiger charge is 2.50. The summed E-state index contributed by atoms with van der Waals surface area (Å²) < 4.78 is 68.9. The van der Waals surface area contributed by atoms with Gasteiger partial charge in [0.1, 0.15) is 5.69 Å². The molecule has 0 saturated heterocycles. The number of nitrogens with zero attached hydrogens (tertiary/aromatic N) is 5. The van der Waals surface area contributed by atoms with Crippen molar-refractivity contribution in [3.8, 4) is 11.1 Å². The maximum absolute atomic E-state index is 14.6. The smallest absolute Gasteiger partial charge is 0.308 e. The summed E-state index contributed by atoms with van der Waals surface area (Å²) in [6.45, 7) is 0. The lowest BCUT2D eigenvalue weighted by atomic mass is 9.81. The zero-order valence-electron chi connectivity index (χ0n) is 16.2. The van der Waals surface area contributed by atoms with E-state index in [1.54, 1.807) is 0 Å². The highest BCUT2D eigenvalue weighted by atomic mass is 19.3. The van der Waals surface area contributed by atoms with Gasteiger partial charge in [0.15, 0.2) is 23.1 Å². The Labute approximate surface area is 177 Å². The molecular formula is C20H13F5N6O. The van der Waals surface area contributed by atoms with Crippen LogP contribution in [0.15, 0.2) is 47.8 Å². The second-order valence-corrected chi connectivity index (χ2v) is 6.88. The molecule has 0 aliphatic carbocycles. The molecule has 1 aromatic carbocycles. The molecule has 3 heterocycles. The van der Waals surface area contributed by atoms with E-state index < -0.39 is 46.8 Å². The van der Waals surface area contributed by atoms with E-state index in [1.807, 2.05) is 0 Å². The third kappa shape index (κ3) is 3.24. The highest BCUT2D eigenvalue weighted by molar-refractivity contribution is 6.09. The minimum atomic E-state index is -2.96. The van der Waals surface area contributed by atoms with E-state index in [1.165, 1.54) is 13.1 Å². The molecule has 0 radical (unpaired) electrons. The molecule has 12 heteroatoms. The van der Waals surface area contributed by atoms with E-state index in [0.717, 1.165) is 41.7 Å². The summed E-state index contributed by atoms with van der Waals surface area (Å²) in [5.41, 5.74) is 2.33. The van der Waals surface area contributed by atoms with Crippen molar-refractivity contribution in [1.82, 2.24) is 19.9 Å². The van der Waals surface area contributed by atoms with Gasteiger partial charge in [0.2, 0.25) is 0 Å². The summed E-state index contributed by atoms with van der Waals surface area (Å²) in [6.07, 6.45) is -1.14. The van der Waals surface area contributed by atoms with Crippen LogP contribution < -0.4 is 5.73 Å². The Kier molecular flexibility index (Phi) is 5.07. The van der Waals surface area contributed by atoms with Crippen LogP contribution >= 0.6 is 0 Å². The van der Waals surface area contributed by atoms with Crippen molar-refractivity contribution in [1.29, 1.82) is 0 Å². The fourth-order valence-corrected chi connectivity index (χ4v) is 3.44. The van der Waals surface area contributed by atoms with E-state index in [4.69, 9.17) is 5.73 Å². The summed E-state index contributed by atoms with van der Waals surface area (Å²) >= 11 is 0. The van der Waals surface area contributed by atoms with Crippen LogP contribution in [-0.4, -0.2) is 38.8 Å². The molecule has 1 aliphatic heterocycles. The lowest BCUT2D eigenvalue weighted by Crippen LogP contribution is -2.41. The van der Waals surface area contributed by atoms with Crippen molar-refractivity contribution in [2.24, 2.45) is 10.7 Å². The first-order chi connectivity index (χ1) is 15.1. The van der Waals surface area contributed by atoms with Crippen molar-refractivity contribution in [3.63, 3.8) is 0 Å². The zero-order chi connectivity index (χ0) is 23.2. The standard InChI is InChI=1S/C20H13F5N6O/c1-31-17(32)20(30-19(31)26,10-2-3-27-14(6-10)16(23)24)11-4-12(15(22)13(21)5-11)9-7-28-18(25)29-8-9/h2-8,16H,1H3,(H2,26,30). The van der Waals surface area contributed by atoms with E-state index >= 15 is 0 Å². The number of halogens is 5. The van der Waals surface area contributed by atoms with Crippen molar-refractivity contribution in [3.05, 3.63) is 77.4 Å². The monoisotopic (exact) mass is 448 g/mol. The number of hydrogen-bond donors (Lipinski definition) is 1. The van der Waals surface area contributed by atoms with Gasteiger partial charge in [0.05, 0.1) is 0 Å². The number of pyridine rings is 1. The molecule has 3 aromatic rings. The molecule has 2 N–H and O–H groups in total. The maximum atomic E-state index is 14.6. The Morgan fingerprint density at radius 2 is 1.72 bits per heavy atom. The summed E-state index contributed by atoms with van der Waals surface area (Å²) in [6, 6.07) is 4.01. The quantitative estimate of drug-likeness (QED) is 0.489. The summed E-state index contributed by atoms with van der Waals surface area (Å²) in [7, 11) is 1.30. The van der Waals surface area contributed by atoms with Gasteiger partial charge in [0.25, 0.3) is 12.3 Å². The number of aromatic nitrogens is 3. The van der Waals surface area contributed by atoms with E-state index in [2.05, 4.69) is 19.9 Å². The minimum Gasteiger partial charge on any atom is -0.369 e. The number of likely N-dealkylation sites (N-methyl/N-ethyl adjacent to an activating group) is 1. The average molecular weight is 448 g/mol. The predicted molar refractivity (Wildman–Crippen MR) is 102 cm³/mol. The lowest BCUT2D eigenvalue weighted by molar-refractivity contribution is -0.129. The van der Waals surface area contributed by atoms with Gasteiger partial charge in [-0.1, -0.05) is 0 Å². The SMILES string of the molecule is CN1C(=O)C(c2ccnc(C(F)F)c2)(c2cc(F)c(F)c(-c3cnc(F)nc3)c2)N=C1N. The number of rotatable bonds is 4. The van der Waals surface area contributed by atoms with Crippen LogP contribution in [-0.2, 0) is 10.3 Å². The minimum absolute atomic E-state index is 0.0765. The van der Waals surface area contributed by atoms with Crippen LogP contribution in [0.3, 0.4) is 0 Å². The summed E-state index contributed by atoms with van der Waals surface area (Å²) in [5.74, 6) is -3.71. The zero-order valence-corrected chi connectivity index (χ0v) is 16.2. The van der Waals surface area contributed by atoms with Crippen LogP contribution in [0.25, 0.3) is 11.1 Å². The molecule has 1 atom stereocenters. The number of aliphatic imine (C=N–C) groups is 1. The average Bonchev–Trinajstić information content (AvgIpc) is 3.01. The molecule has 0 fully saturated rings. The fourth-order valence-electron chi connectivity index (χ4n) is 3.44. The number of amides is 1. The van der Waals surface area contributed by atoms with Gasteiger partial charge in [-0.15, -0.1) is 0 Å². The topological polar surface area (TPSA) is 97.4 Å². The van der Waals surface area contributed by atoms with Crippen molar-refractivity contribution >= 4 is 11.9 Å². The number of benzene rings is 1. The van der Waals surface area contributed by atoms with Gasteiger partial charge < -0.3 is 5.73 Å². The second-order valence-electron chi connectivity index (χ2n) is 6.88. The van der Waals surface area contributed by atoms with Gasteiger partial charge in [-0.05, 0) is 35.4 Å². The number of carbonyl (C=O) groups excluding carboxylic acids is 1. The van der Waals surface area contributed by atoms with E-state index in [9.17, 15) is 26.7 Å². The molecule has 1 aliphatic rings. The molecule has 7 nitrogen and oxygen atoms in total. The van der Waals surface area contributed by atoms with Crippen molar-refractivity contribution in [2.75, 3.05) is 7.05 Å².